The van der Waals surface area contributed by atoms with Crippen LogP contribution < -0.4 is 29.0 Å². The van der Waals surface area contributed by atoms with E-state index in [4.69, 9.17) is 28.4 Å². The van der Waals surface area contributed by atoms with Crippen molar-refractivity contribution >= 4 is 46.5 Å². The Morgan fingerprint density at radius 3 is 1.15 bits per heavy atom. The number of fused-ring (bicyclic) bond motifs is 1. The molecule has 10 fully saturated rings. The van der Waals surface area contributed by atoms with Crippen LogP contribution in [-0.2, 0) is 32.2 Å². The number of morpholine rings is 1. The first-order valence-corrected chi connectivity index (χ1v) is 52.1. The van der Waals surface area contributed by atoms with E-state index in [-0.39, 0.29) is 59.5 Å². The molecule has 6 aromatic carbocycles. The van der Waals surface area contributed by atoms with Gasteiger partial charge >= 0.3 is 6.18 Å². The molecule has 2 saturated carbocycles. The zero-order valence-corrected chi connectivity index (χ0v) is 83.8. The van der Waals surface area contributed by atoms with E-state index < -0.39 is 23.8 Å². The molecule has 25 nitrogen and oxygen atoms in total. The maximum atomic E-state index is 13.4. The fourth-order valence-electron chi connectivity index (χ4n) is 20.9. The van der Waals surface area contributed by atoms with E-state index in [1.165, 1.54) is 96.5 Å². The smallest absolute Gasteiger partial charge is 0.450 e. The Labute approximate surface area is 827 Å². The fraction of sp³-hybridized carbons (Fsp3) is 0.604. The number of halogens is 4. The van der Waals surface area contributed by atoms with E-state index in [0.29, 0.717) is 170 Å². The molecule has 0 aromatic heterocycles. The van der Waals surface area contributed by atoms with Gasteiger partial charge in [0.2, 0.25) is 17.6 Å². The summed E-state index contributed by atoms with van der Waals surface area (Å²) in [6.45, 7) is 39.0. The van der Waals surface area contributed by atoms with Gasteiger partial charge < -0.3 is 58.2 Å². The van der Waals surface area contributed by atoms with Gasteiger partial charge in [-0.1, -0.05) is 12.5 Å². The molecule has 2 aliphatic carbocycles. The first-order valence-electron chi connectivity index (χ1n) is 52.1. The number of nitrogens with zero attached hydrogens (tertiary/aromatic N) is 10. The third-order valence-corrected chi connectivity index (χ3v) is 29.7. The Balaban J connectivity index is 0.000000148. The molecule has 2 amide bonds. The number of alkyl halides is 3. The largest absolute Gasteiger partial charge is 0.494 e. The molecule has 6 atom stereocenters. The Kier molecular flexibility index (Phi) is 41.9. The van der Waals surface area contributed by atoms with Crippen LogP contribution in [0.3, 0.4) is 0 Å². The van der Waals surface area contributed by atoms with Crippen LogP contribution in [0.25, 0.3) is 0 Å². The molecule has 9 heterocycles. The van der Waals surface area contributed by atoms with Gasteiger partial charge in [-0.3, -0.25) is 62.9 Å². The highest BCUT2D eigenvalue weighted by molar-refractivity contribution is 6.02. The van der Waals surface area contributed by atoms with Gasteiger partial charge in [-0.15, -0.1) is 0 Å². The van der Waals surface area contributed by atoms with Crippen LogP contribution in [-0.4, -0.2) is 328 Å². The van der Waals surface area contributed by atoms with Gasteiger partial charge in [0.15, 0.2) is 28.9 Å². The third-order valence-electron chi connectivity index (χ3n) is 29.7. The first-order chi connectivity index (χ1) is 67.6. The van der Waals surface area contributed by atoms with E-state index in [0.717, 1.165) is 169 Å². The molecule has 0 bridgehead atoms. The zero-order chi connectivity index (χ0) is 98.9. The third kappa shape index (κ3) is 33.9. The minimum absolute atomic E-state index is 0.0175. The van der Waals surface area contributed by atoms with Crippen molar-refractivity contribution in [1.29, 1.82) is 0 Å². The van der Waals surface area contributed by atoms with Crippen LogP contribution in [0.1, 0.15) is 233 Å². The van der Waals surface area contributed by atoms with Gasteiger partial charge in [0, 0.05) is 173 Å². The second kappa shape index (κ2) is 54.3. The second-order valence-corrected chi connectivity index (χ2v) is 40.6. The fourth-order valence-corrected chi connectivity index (χ4v) is 20.9. The molecule has 9 aliphatic heterocycles. The Morgan fingerprint density at radius 2 is 0.771 bits per heavy atom. The van der Waals surface area contributed by atoms with Crippen molar-refractivity contribution in [2.75, 3.05) is 197 Å². The van der Waals surface area contributed by atoms with Gasteiger partial charge in [-0.2, -0.15) is 13.2 Å². The molecule has 0 spiro atoms. The van der Waals surface area contributed by atoms with E-state index in [1.807, 2.05) is 113 Å². The second-order valence-electron chi connectivity index (χ2n) is 40.6. The minimum Gasteiger partial charge on any atom is -0.494 e. The maximum absolute atomic E-state index is 13.4. The number of hydrogen-bond acceptors (Lipinski definition) is 23. The number of carbonyl (C=O) groups excluding carboxylic acids is 8. The van der Waals surface area contributed by atoms with Gasteiger partial charge in [0.25, 0.3) is 0 Å². The highest BCUT2D eigenvalue weighted by atomic mass is 19.4. The molecule has 1 unspecified atom stereocenters. The number of nitrogens with one attached hydrogen (secondary N) is 1. The number of likely N-dealkylation sites (tertiary alicyclic amines) is 5. The number of Topliss-reactive ketones (excluding diaryl/α,β-unsaturated/α-hetero) is 6. The van der Waals surface area contributed by atoms with Gasteiger partial charge in [-0.25, -0.2) is 4.39 Å². The molecule has 8 saturated heterocycles. The van der Waals surface area contributed by atoms with E-state index in [2.05, 4.69) is 86.1 Å². The lowest BCUT2D eigenvalue weighted by molar-refractivity contribution is -0.176. The number of benzene rings is 6. The predicted octanol–water partition coefficient (Wildman–Crippen LogP) is 16.0. The molecule has 29 heteroatoms. The van der Waals surface area contributed by atoms with Crippen molar-refractivity contribution in [2.24, 2.45) is 17.8 Å². The number of ether oxygens (including phenoxy) is 6. The summed E-state index contributed by atoms with van der Waals surface area (Å²) in [7, 11) is 0. The molecular formula is C111H153F4N11O14. The lowest BCUT2D eigenvalue weighted by atomic mass is 9.85. The van der Waals surface area contributed by atoms with Gasteiger partial charge in [-0.05, 0) is 341 Å². The van der Waals surface area contributed by atoms with Crippen molar-refractivity contribution in [3.05, 3.63) is 184 Å². The van der Waals surface area contributed by atoms with Crippen LogP contribution in [0.4, 0.5) is 17.6 Å². The number of rotatable bonds is 41. The van der Waals surface area contributed by atoms with Gasteiger partial charge in [0.1, 0.15) is 34.6 Å². The van der Waals surface area contributed by atoms with E-state index in [1.54, 1.807) is 30.3 Å². The molecule has 11 aliphatic rings. The monoisotopic (exact) mass is 1940 g/mol. The molecule has 17 rings (SSSR count). The van der Waals surface area contributed by atoms with Crippen LogP contribution in [0.2, 0.25) is 0 Å². The quantitative estimate of drug-likeness (QED) is 0.0213. The number of ketones is 6. The van der Waals surface area contributed by atoms with Crippen LogP contribution in [0.15, 0.2) is 140 Å². The number of amides is 2. The van der Waals surface area contributed by atoms with Crippen molar-refractivity contribution in [3.8, 4) is 28.7 Å². The molecular weight excluding hydrogens is 1790 g/mol. The summed E-state index contributed by atoms with van der Waals surface area (Å²) in [4.78, 5) is 121. The Hall–Kier alpha value is -9.40. The molecule has 0 radical (unpaired) electrons. The summed E-state index contributed by atoms with van der Waals surface area (Å²) < 4.78 is 86.1. The van der Waals surface area contributed by atoms with Gasteiger partial charge in [0.05, 0.1) is 79.0 Å². The summed E-state index contributed by atoms with van der Waals surface area (Å²) >= 11 is 0. The topological polar surface area (TPSA) is 236 Å². The lowest BCUT2D eigenvalue weighted by Crippen LogP contribution is -2.50. The Bertz CT molecular complexity index is 4900. The molecule has 140 heavy (non-hydrogen) atoms. The van der Waals surface area contributed by atoms with Crippen molar-refractivity contribution in [3.63, 3.8) is 0 Å². The van der Waals surface area contributed by atoms with Crippen LogP contribution >= 0.6 is 0 Å². The summed E-state index contributed by atoms with van der Waals surface area (Å²) in [5, 5.41) is 2.77. The van der Waals surface area contributed by atoms with E-state index in [9.17, 15) is 55.9 Å². The first kappa shape index (κ1) is 108. The van der Waals surface area contributed by atoms with Crippen LogP contribution in [0.5, 0.6) is 28.7 Å². The Morgan fingerprint density at radius 1 is 0.393 bits per heavy atom. The summed E-state index contributed by atoms with van der Waals surface area (Å²) in [5.41, 5.74) is 5.57. The molecule has 1 N–H and O–H groups in total. The highest BCUT2D eigenvalue weighted by Crippen LogP contribution is 2.40. The standard InChI is InChI=1S/C24H29FN2O2.C24H35N3O3.C22H28F3NO3.C21H32N2O3.C20H29N3O3/c1-18-4-2-11-27(18)12-3-13-29-23-9-6-19(7-10-23)24(28)17-26-15-20-5-8-22(25)14-21(20)16-26;1-19-4-2-11-26(19)12-3-17-30-22-9-7-20(8-10-22)23(28)18-25-13-15-27(16-14-25)24(29)21-5-6-21;1-15-5-3-12-26(15)13-4-14-29-17-10-8-16(9-11-17)20(27)18-6-2-7-19(18)21(28)22(23,24)25;1-21(2)9-3-10-23(21)11-4-14-26-19-7-5-18(6-8-19)20(24)17-22-12-15-25-16-13-22;1-16-4-2-10-23(16)11-3-13-26-18-7-5-17(6-8-18)19(24)14-22-12-9-21-20(25)15-22/h5-10,14,18H,2-4,11-13,15-17H2,1H3;7-10,19,21H,2-6,11-18H2,1H3;8-11,15,18-19H,2-7,12-14H2,1H3;5-8H,3-4,9-17H2,1-2H3;5-8,16H,2-4,9-15H2,1H3,(H,21,25)/t18-;19-;15-,18+,19?;;16-/m111.1/s1. The SMILES string of the molecule is CC1(C)CCCN1CCCOc1ccc(C(=O)CN2CCOCC2)cc1.C[C@@H]1CCCN1CCCOc1ccc(C(=O)CN2CCN(C(=O)C3CC3)CC2)cc1.C[C@@H]1CCCN1CCCOc1ccc(C(=O)CN2CCNC(=O)C2)cc1.C[C@@H]1CCCN1CCCOc1ccc(C(=O)CN2Cc3ccc(F)cc3C2)cc1.C[C@@H]1CCCN1CCCOc1ccc(C(=O)[C@H]2CCCC2C(=O)C(F)(F)F)cc1. The minimum atomic E-state index is -4.89. The zero-order valence-electron chi connectivity index (χ0n) is 83.8. The highest BCUT2D eigenvalue weighted by Gasteiger charge is 2.50. The molecule has 764 valence electrons. The summed E-state index contributed by atoms with van der Waals surface area (Å²) in [5.74, 6) is 0.349. The number of hydrogen-bond donors (Lipinski definition) is 1. The average Bonchev–Trinajstić information content (AvgIpc) is 1.63. The molecule has 6 aromatic rings. The number of carbonyl (C=O) groups is 8. The van der Waals surface area contributed by atoms with Crippen molar-refractivity contribution in [2.45, 2.75) is 219 Å². The maximum Gasteiger partial charge on any atom is 0.450 e. The van der Waals surface area contributed by atoms with Crippen molar-refractivity contribution in [1.82, 2.24) is 54.3 Å². The lowest BCUT2D eigenvalue weighted by Gasteiger charge is -2.34. The predicted molar refractivity (Wildman–Crippen MR) is 535 cm³/mol. The number of piperazine rings is 2. The van der Waals surface area contributed by atoms with Crippen molar-refractivity contribution < 1.29 is 84.3 Å². The summed E-state index contributed by atoms with van der Waals surface area (Å²) in [6, 6.07) is 43.9. The normalized spacial score (nSPS) is 22.1. The average molecular weight is 1940 g/mol. The van der Waals surface area contributed by atoms with E-state index >= 15 is 0 Å². The van der Waals surface area contributed by atoms with Crippen LogP contribution in [0, 0.1) is 23.6 Å². The summed E-state index contributed by atoms with van der Waals surface area (Å²) in [6.07, 6.45) is 16.0.